The molecule has 1 aromatic carbocycles. The molecular formula is C17H25ClN2. The van der Waals surface area contributed by atoms with Gasteiger partial charge >= 0.3 is 0 Å². The average molecular weight is 293 g/mol. The molecule has 2 aliphatic carbocycles. The van der Waals surface area contributed by atoms with Crippen molar-refractivity contribution >= 4 is 11.6 Å². The van der Waals surface area contributed by atoms with E-state index in [1.54, 1.807) is 0 Å². The normalized spacial score (nSPS) is 22.0. The first-order chi connectivity index (χ1) is 9.65. The highest BCUT2D eigenvalue weighted by atomic mass is 35.5. The fraction of sp³-hybridized carbons (Fsp3) is 0.647. The molecule has 0 aliphatic heterocycles. The fourth-order valence-corrected chi connectivity index (χ4v) is 3.07. The minimum Gasteiger partial charge on any atom is -0.308 e. The van der Waals surface area contributed by atoms with Crippen molar-refractivity contribution in [3.8, 4) is 0 Å². The van der Waals surface area contributed by atoms with Crippen LogP contribution >= 0.6 is 11.6 Å². The zero-order valence-corrected chi connectivity index (χ0v) is 13.2. The van der Waals surface area contributed by atoms with Gasteiger partial charge in [-0.1, -0.05) is 23.7 Å². The molecule has 20 heavy (non-hydrogen) atoms. The zero-order valence-electron chi connectivity index (χ0n) is 12.5. The summed E-state index contributed by atoms with van der Waals surface area (Å²) in [5, 5.41) is 4.62. The molecule has 3 heteroatoms. The number of rotatable bonds is 7. The van der Waals surface area contributed by atoms with Gasteiger partial charge in [-0.15, -0.1) is 0 Å². The summed E-state index contributed by atoms with van der Waals surface area (Å²) in [6, 6.07) is 10.3. The maximum atomic E-state index is 6.00. The van der Waals surface area contributed by atoms with Gasteiger partial charge < -0.3 is 5.32 Å². The predicted octanol–water partition coefficient (Wildman–Crippen LogP) is 3.86. The van der Waals surface area contributed by atoms with Crippen LogP contribution in [0.5, 0.6) is 0 Å². The number of halogens is 1. The fourth-order valence-electron chi connectivity index (χ4n) is 2.94. The van der Waals surface area contributed by atoms with Crippen LogP contribution in [-0.2, 0) is 0 Å². The third-order valence-electron chi connectivity index (χ3n) is 4.77. The molecule has 2 saturated carbocycles. The van der Waals surface area contributed by atoms with E-state index in [4.69, 9.17) is 11.6 Å². The Morgan fingerprint density at radius 1 is 1.20 bits per heavy atom. The van der Waals surface area contributed by atoms with Crippen molar-refractivity contribution in [2.75, 3.05) is 13.6 Å². The monoisotopic (exact) mass is 292 g/mol. The molecule has 0 radical (unpaired) electrons. The second-order valence-electron chi connectivity index (χ2n) is 6.52. The quantitative estimate of drug-likeness (QED) is 0.821. The Kier molecular flexibility index (Phi) is 4.34. The molecular weight excluding hydrogens is 268 g/mol. The first-order valence-electron chi connectivity index (χ1n) is 7.86. The highest BCUT2D eigenvalue weighted by molar-refractivity contribution is 6.30. The van der Waals surface area contributed by atoms with E-state index < -0.39 is 0 Å². The number of benzene rings is 1. The largest absolute Gasteiger partial charge is 0.308 e. The summed E-state index contributed by atoms with van der Waals surface area (Å²) in [6.07, 6.45) is 5.47. The standard InChI is InChI=1S/C17H25ClN2/c1-12(20(2)16-9-10-16)11-19-17(13-3-4-13)14-5-7-15(18)8-6-14/h5-8,12-13,16-17,19H,3-4,9-11H2,1-2H3. The molecule has 0 saturated heterocycles. The smallest absolute Gasteiger partial charge is 0.0406 e. The lowest BCUT2D eigenvalue weighted by Crippen LogP contribution is -2.40. The van der Waals surface area contributed by atoms with Gasteiger partial charge in [0.1, 0.15) is 0 Å². The Morgan fingerprint density at radius 3 is 2.40 bits per heavy atom. The van der Waals surface area contributed by atoms with Crippen LogP contribution in [0, 0.1) is 5.92 Å². The molecule has 0 spiro atoms. The summed E-state index contributed by atoms with van der Waals surface area (Å²) >= 11 is 6.00. The number of hydrogen-bond acceptors (Lipinski definition) is 2. The van der Waals surface area contributed by atoms with Crippen molar-refractivity contribution < 1.29 is 0 Å². The first-order valence-corrected chi connectivity index (χ1v) is 8.23. The average Bonchev–Trinajstić information content (AvgIpc) is 3.31. The van der Waals surface area contributed by atoms with Gasteiger partial charge in [0.25, 0.3) is 0 Å². The van der Waals surface area contributed by atoms with Crippen molar-refractivity contribution in [3.63, 3.8) is 0 Å². The van der Waals surface area contributed by atoms with Crippen LogP contribution in [0.2, 0.25) is 5.02 Å². The van der Waals surface area contributed by atoms with Gasteiger partial charge in [0.2, 0.25) is 0 Å². The number of likely N-dealkylation sites (N-methyl/N-ethyl adjacent to an activating group) is 1. The summed E-state index contributed by atoms with van der Waals surface area (Å²) in [6.45, 7) is 3.40. The summed E-state index contributed by atoms with van der Waals surface area (Å²) in [5.74, 6) is 0.814. The van der Waals surface area contributed by atoms with Crippen molar-refractivity contribution in [1.82, 2.24) is 10.2 Å². The third-order valence-corrected chi connectivity index (χ3v) is 5.03. The second kappa shape index (κ2) is 6.05. The van der Waals surface area contributed by atoms with Crippen LogP contribution in [0.25, 0.3) is 0 Å². The third kappa shape index (κ3) is 3.55. The van der Waals surface area contributed by atoms with E-state index in [2.05, 4.69) is 36.3 Å². The van der Waals surface area contributed by atoms with E-state index in [0.29, 0.717) is 12.1 Å². The van der Waals surface area contributed by atoms with E-state index in [1.165, 1.54) is 31.2 Å². The van der Waals surface area contributed by atoms with Crippen LogP contribution in [0.1, 0.15) is 44.2 Å². The van der Waals surface area contributed by atoms with Gasteiger partial charge in [0, 0.05) is 29.7 Å². The van der Waals surface area contributed by atoms with Gasteiger partial charge in [-0.2, -0.15) is 0 Å². The Morgan fingerprint density at radius 2 is 1.85 bits per heavy atom. The van der Waals surface area contributed by atoms with E-state index in [-0.39, 0.29) is 0 Å². The molecule has 3 rings (SSSR count). The van der Waals surface area contributed by atoms with Gasteiger partial charge in [-0.25, -0.2) is 0 Å². The van der Waals surface area contributed by atoms with E-state index in [9.17, 15) is 0 Å². The maximum Gasteiger partial charge on any atom is 0.0406 e. The molecule has 1 aromatic rings. The maximum absolute atomic E-state index is 6.00. The van der Waals surface area contributed by atoms with Crippen LogP contribution in [-0.4, -0.2) is 30.6 Å². The van der Waals surface area contributed by atoms with Crippen LogP contribution in [0.15, 0.2) is 24.3 Å². The summed E-state index contributed by atoms with van der Waals surface area (Å²) in [5.41, 5.74) is 1.39. The summed E-state index contributed by atoms with van der Waals surface area (Å²) in [4.78, 5) is 2.53. The molecule has 110 valence electrons. The Bertz CT molecular complexity index is 437. The zero-order chi connectivity index (χ0) is 14.1. The van der Waals surface area contributed by atoms with Crippen LogP contribution < -0.4 is 5.32 Å². The van der Waals surface area contributed by atoms with Gasteiger partial charge in [0.15, 0.2) is 0 Å². The van der Waals surface area contributed by atoms with Gasteiger partial charge in [-0.3, -0.25) is 4.90 Å². The van der Waals surface area contributed by atoms with Crippen molar-refractivity contribution in [2.24, 2.45) is 5.92 Å². The molecule has 1 N–H and O–H groups in total. The highest BCUT2D eigenvalue weighted by Crippen LogP contribution is 2.41. The minimum absolute atomic E-state index is 0.502. The van der Waals surface area contributed by atoms with Crippen molar-refractivity contribution in [1.29, 1.82) is 0 Å². The Labute approximate surface area is 127 Å². The molecule has 2 nitrogen and oxygen atoms in total. The van der Waals surface area contributed by atoms with Crippen molar-refractivity contribution in [3.05, 3.63) is 34.9 Å². The predicted molar refractivity (Wildman–Crippen MR) is 85.2 cm³/mol. The summed E-state index contributed by atoms with van der Waals surface area (Å²) in [7, 11) is 2.26. The first kappa shape index (κ1) is 14.4. The lowest BCUT2D eigenvalue weighted by atomic mass is 10.0. The van der Waals surface area contributed by atoms with E-state index in [0.717, 1.165) is 23.5 Å². The molecule has 0 heterocycles. The Hall–Kier alpha value is -0.570. The second-order valence-corrected chi connectivity index (χ2v) is 6.96. The van der Waals surface area contributed by atoms with E-state index >= 15 is 0 Å². The minimum atomic E-state index is 0.502. The molecule has 2 atom stereocenters. The number of hydrogen-bond donors (Lipinski definition) is 1. The number of nitrogens with zero attached hydrogens (tertiary/aromatic N) is 1. The van der Waals surface area contributed by atoms with Gasteiger partial charge in [-0.05, 0) is 63.3 Å². The molecule has 0 aromatic heterocycles. The van der Waals surface area contributed by atoms with Crippen molar-refractivity contribution in [2.45, 2.75) is 50.7 Å². The summed E-state index contributed by atoms with van der Waals surface area (Å²) < 4.78 is 0. The molecule has 0 amide bonds. The lowest BCUT2D eigenvalue weighted by molar-refractivity contribution is 0.233. The SMILES string of the molecule is CC(CNC(c1ccc(Cl)cc1)C1CC1)N(C)C1CC1. The lowest BCUT2D eigenvalue weighted by Gasteiger charge is -2.28. The molecule has 2 aliphatic rings. The molecule has 0 bridgehead atoms. The Balaban J connectivity index is 1.58. The molecule has 2 unspecified atom stereocenters. The topological polar surface area (TPSA) is 15.3 Å². The van der Waals surface area contributed by atoms with E-state index in [1.807, 2.05) is 12.1 Å². The van der Waals surface area contributed by atoms with Crippen LogP contribution in [0.4, 0.5) is 0 Å². The van der Waals surface area contributed by atoms with Crippen LogP contribution in [0.3, 0.4) is 0 Å². The highest BCUT2D eigenvalue weighted by Gasteiger charge is 2.33. The molecule has 2 fully saturated rings. The van der Waals surface area contributed by atoms with Gasteiger partial charge in [0.05, 0.1) is 0 Å². The number of nitrogens with one attached hydrogen (secondary N) is 1.